The third-order valence-corrected chi connectivity index (χ3v) is 9.42. The zero-order chi connectivity index (χ0) is 40.6. The van der Waals surface area contributed by atoms with Crippen LogP contribution >= 0.6 is 0 Å². The van der Waals surface area contributed by atoms with Crippen molar-refractivity contribution in [3.8, 4) is 34.5 Å². The largest absolute Gasteiger partial charge is 0.508 e. The Kier molecular flexibility index (Phi) is 10.7. The van der Waals surface area contributed by atoms with Gasteiger partial charge in [0.1, 0.15) is 65.4 Å². The first-order valence-electron chi connectivity index (χ1n) is 17.3. The van der Waals surface area contributed by atoms with Crippen molar-refractivity contribution < 1.29 is 79.8 Å². The summed E-state index contributed by atoms with van der Waals surface area (Å²) in [5.74, 6) is -4.06. The molecule has 4 heterocycles. The Bertz CT molecular complexity index is 2220. The molecule has 11 N–H and O–H groups in total. The summed E-state index contributed by atoms with van der Waals surface area (Å²) in [7, 11) is 0. The predicted octanol–water partition coefficient (Wildman–Crippen LogP) is -0.377. The number of ether oxygens (including phenoxy) is 5. The van der Waals surface area contributed by atoms with E-state index in [4.69, 9.17) is 29.1 Å². The van der Waals surface area contributed by atoms with Gasteiger partial charge in [-0.1, -0.05) is 24.3 Å². The molecule has 298 valence electrons. The summed E-state index contributed by atoms with van der Waals surface area (Å²) in [5, 5.41) is 103. The summed E-state index contributed by atoms with van der Waals surface area (Å²) in [6.45, 7) is -0.105. The third kappa shape index (κ3) is 7.87. The molecular formula is C38H37N4O15+. The second-order valence-electron chi connectivity index (χ2n) is 13.4. The molecule has 1 saturated heterocycles. The smallest absolute Gasteiger partial charge is 0.336 e. The maximum atomic E-state index is 12.4. The number of aromatic hydroxyl groups is 2. The fourth-order valence-electron chi connectivity index (χ4n) is 6.52. The van der Waals surface area contributed by atoms with Gasteiger partial charge in [-0.15, -0.1) is 0 Å². The number of nitrogens with zero attached hydrogens (tertiary/aromatic N) is 3. The van der Waals surface area contributed by atoms with E-state index in [-0.39, 0.29) is 47.3 Å². The average Bonchev–Trinajstić information content (AvgIpc) is 3.87. The number of aliphatic hydroxyl groups excluding tert-OH is 5. The molecule has 1 fully saturated rings. The maximum Gasteiger partial charge on any atom is 0.336 e. The fraction of sp³-hybridized carbons (Fsp3) is 0.289. The highest BCUT2D eigenvalue weighted by Gasteiger charge is 2.59. The number of nitrogens with two attached hydrogens (primary N) is 1. The molecule has 19 nitrogen and oxygen atoms in total. The second-order valence-corrected chi connectivity index (χ2v) is 13.4. The highest BCUT2D eigenvalue weighted by molar-refractivity contribution is 6.14. The molecule has 3 aromatic rings. The number of hydrogen-bond acceptors (Lipinski definition) is 16. The van der Waals surface area contributed by atoms with E-state index >= 15 is 0 Å². The Morgan fingerprint density at radius 2 is 1.82 bits per heavy atom. The van der Waals surface area contributed by atoms with E-state index in [9.17, 15) is 50.8 Å². The van der Waals surface area contributed by atoms with Crippen LogP contribution in [-0.4, -0.2) is 125 Å². The van der Waals surface area contributed by atoms with Gasteiger partial charge in [-0.3, -0.25) is 10.4 Å². The van der Waals surface area contributed by atoms with Crippen molar-refractivity contribution >= 4 is 35.3 Å². The number of aliphatic imine (C=N–C) groups is 3. The van der Waals surface area contributed by atoms with E-state index in [0.29, 0.717) is 17.0 Å². The number of hydrogen-bond donors (Lipinski definition) is 10. The zero-order valence-corrected chi connectivity index (χ0v) is 29.6. The Labute approximate surface area is 322 Å². The van der Waals surface area contributed by atoms with Gasteiger partial charge in [0.25, 0.3) is 0 Å². The lowest BCUT2D eigenvalue weighted by Gasteiger charge is -2.46. The van der Waals surface area contributed by atoms with Crippen molar-refractivity contribution in [2.24, 2.45) is 15.0 Å². The van der Waals surface area contributed by atoms with Crippen LogP contribution in [0.4, 0.5) is 0 Å². The number of aliphatic hydroxyl groups is 6. The summed E-state index contributed by atoms with van der Waals surface area (Å²) in [5.41, 5.74) is -1.84. The molecule has 0 aromatic heterocycles. The quantitative estimate of drug-likeness (QED) is 0.0988. The van der Waals surface area contributed by atoms with Crippen LogP contribution in [0.1, 0.15) is 35.5 Å². The van der Waals surface area contributed by atoms with Gasteiger partial charge < -0.3 is 69.6 Å². The van der Waals surface area contributed by atoms with Crippen molar-refractivity contribution in [3.05, 3.63) is 89.5 Å². The van der Waals surface area contributed by atoms with Crippen molar-refractivity contribution in [2.45, 2.75) is 55.1 Å². The van der Waals surface area contributed by atoms with E-state index in [1.54, 1.807) is 36.4 Å². The normalized spacial score (nSPS) is 26.1. The van der Waals surface area contributed by atoms with E-state index < -0.39 is 84.1 Å². The van der Waals surface area contributed by atoms with Crippen molar-refractivity contribution in [1.82, 2.24) is 0 Å². The third-order valence-electron chi connectivity index (χ3n) is 9.42. The number of amidine groups is 1. The molecular weight excluding hydrogens is 752 g/mol. The number of phenolic OH excluding ortho intramolecular Hbond substituents is 2. The minimum Gasteiger partial charge on any atom is -0.508 e. The summed E-state index contributed by atoms with van der Waals surface area (Å²) in [6.07, 6.45) is -7.41. The molecule has 0 saturated carbocycles. The minimum absolute atomic E-state index is 0.0160. The summed E-state index contributed by atoms with van der Waals surface area (Å²) < 4.78 is 28.9. The summed E-state index contributed by atoms with van der Waals surface area (Å²) in [6, 6.07) is 12.8. The van der Waals surface area contributed by atoms with Crippen LogP contribution < -0.4 is 24.4 Å². The Hall–Kier alpha value is -6.35. The molecule has 1 unspecified atom stereocenters. The van der Waals surface area contributed by atoms with Gasteiger partial charge in [0.15, 0.2) is 29.4 Å². The van der Waals surface area contributed by atoms with Gasteiger partial charge >= 0.3 is 11.8 Å². The molecule has 0 amide bonds. The molecule has 3 aromatic carbocycles. The first-order valence-corrected chi connectivity index (χ1v) is 17.3. The Morgan fingerprint density at radius 1 is 1.05 bits per heavy atom. The first kappa shape index (κ1) is 38.9. The van der Waals surface area contributed by atoms with Crippen LogP contribution in [0, 0.1) is 0 Å². The molecule has 8 atom stereocenters. The van der Waals surface area contributed by atoms with Crippen LogP contribution in [0.5, 0.6) is 34.5 Å². The predicted molar refractivity (Wildman–Crippen MR) is 197 cm³/mol. The number of carboxylic acid groups (broad SMARTS) is 1. The molecule has 4 aliphatic rings. The van der Waals surface area contributed by atoms with Crippen LogP contribution in [0.3, 0.4) is 0 Å². The summed E-state index contributed by atoms with van der Waals surface area (Å²) >= 11 is 0. The van der Waals surface area contributed by atoms with Gasteiger partial charge in [0.2, 0.25) is 18.3 Å². The molecule has 57 heavy (non-hydrogen) atoms. The van der Waals surface area contributed by atoms with Gasteiger partial charge in [-0.05, 0) is 40.9 Å². The van der Waals surface area contributed by atoms with Gasteiger partial charge in [0.05, 0.1) is 6.54 Å². The maximum absolute atomic E-state index is 12.4. The molecule has 4 aliphatic heterocycles. The number of benzene rings is 3. The number of carboxylic acids is 1. The van der Waals surface area contributed by atoms with Crippen molar-refractivity contribution in [3.63, 3.8) is 0 Å². The Morgan fingerprint density at radius 3 is 2.49 bits per heavy atom. The first-order chi connectivity index (χ1) is 27.2. The fourth-order valence-corrected chi connectivity index (χ4v) is 6.52. The zero-order valence-electron chi connectivity index (χ0n) is 29.6. The van der Waals surface area contributed by atoms with E-state index in [1.165, 1.54) is 36.7 Å². The molecule has 0 aliphatic carbocycles. The van der Waals surface area contributed by atoms with Crippen LogP contribution in [-0.2, 0) is 9.53 Å². The number of rotatable bonds is 13. The molecule has 0 radical (unpaired) electrons. The number of fused-ring (bicyclic) bond motifs is 1. The monoisotopic (exact) mass is 789 g/mol. The molecule has 0 bridgehead atoms. The molecule has 0 spiro atoms. The number of phenols is 2. The minimum atomic E-state index is -2.59. The summed E-state index contributed by atoms with van der Waals surface area (Å²) in [4.78, 5) is 24.2. The molecule has 19 heteroatoms. The van der Waals surface area contributed by atoms with E-state index in [2.05, 4.69) is 15.0 Å². The lowest BCUT2D eigenvalue weighted by atomic mass is 9.80. The van der Waals surface area contributed by atoms with Crippen molar-refractivity contribution in [1.29, 1.82) is 0 Å². The number of aliphatic carboxylic acids is 1. The van der Waals surface area contributed by atoms with E-state index in [0.717, 1.165) is 6.07 Å². The van der Waals surface area contributed by atoms with Crippen LogP contribution in [0.25, 0.3) is 5.76 Å². The standard InChI is InChI=1S/C38H36N4O15/c39-28-9-8-22(42-28)24(45)15-53-21-6-4-17(5-7-21)25-11-23(44)29-26(54-25)12-27(32(30(29)46)56-36(51)18-2-1-3-20(43)10-18)55-37-31(47)33(48)38(52,34(57-37)35(49)50)13-19-14-40-16-41-19/h1-12,16,24-25,31,33-34,36-37,39,43-48,51-52H,13-15H2,(H,49,50)/p+1/t24-,25?,31+,33-,34+,36-,37+,38-/m0/s1. The van der Waals surface area contributed by atoms with Gasteiger partial charge in [0, 0.05) is 35.9 Å². The molecule has 7 rings (SSSR count). The van der Waals surface area contributed by atoms with Crippen molar-refractivity contribution in [2.75, 3.05) is 13.2 Å². The number of carbonyl (C=O) groups is 1. The van der Waals surface area contributed by atoms with Gasteiger partial charge in [-0.2, -0.15) is 0 Å². The lowest BCUT2D eigenvalue weighted by molar-refractivity contribution is -0.303. The van der Waals surface area contributed by atoms with E-state index in [1.807, 2.05) is 0 Å². The van der Waals surface area contributed by atoms with Gasteiger partial charge in [-0.25, -0.2) is 9.79 Å². The highest BCUT2D eigenvalue weighted by atomic mass is 16.7. The highest BCUT2D eigenvalue weighted by Crippen LogP contribution is 2.52. The average molecular weight is 790 g/mol. The topological polar surface area (TPSA) is 308 Å². The lowest BCUT2D eigenvalue weighted by Crippen LogP contribution is -2.69. The SMILES string of the molecule is [NH2+]=C1C=CC([C@@H](O)COc2ccc(C3C=C(O)c4c(cc(O[C@@H]5O[C@H](C(=O)O)[C@](O)(CC6=NC=NC6)[C@@H](O)[C@H]5O)c(O[C@H](O)c5cccc(O)c5)c4O)O3)cc2)=N1. The van der Waals surface area contributed by atoms with Crippen LogP contribution in [0.15, 0.2) is 87.8 Å². The Balaban J connectivity index is 1.18. The second kappa shape index (κ2) is 15.7. The van der Waals surface area contributed by atoms with Crippen LogP contribution in [0.2, 0.25) is 0 Å².